The van der Waals surface area contributed by atoms with E-state index >= 15 is 0 Å². The van der Waals surface area contributed by atoms with Gasteiger partial charge in [-0.3, -0.25) is 4.90 Å². The summed E-state index contributed by atoms with van der Waals surface area (Å²) in [6.07, 6.45) is 8.77. The van der Waals surface area contributed by atoms with Crippen molar-refractivity contribution in [2.75, 3.05) is 33.2 Å². The third-order valence-corrected chi connectivity index (χ3v) is 4.93. The van der Waals surface area contributed by atoms with Crippen molar-refractivity contribution >= 4 is 0 Å². The Morgan fingerprint density at radius 2 is 1.90 bits per heavy atom. The third kappa shape index (κ3) is 4.09. The highest BCUT2D eigenvalue weighted by molar-refractivity contribution is 5.12. The number of rotatable bonds is 5. The van der Waals surface area contributed by atoms with Gasteiger partial charge in [-0.05, 0) is 51.9 Å². The minimum Gasteiger partial charge on any atom is -0.468 e. The number of nitrogens with zero attached hydrogens (tertiary/aromatic N) is 2. The molecule has 0 aromatic carbocycles. The molecular weight excluding hydrogens is 262 g/mol. The molecule has 0 saturated carbocycles. The summed E-state index contributed by atoms with van der Waals surface area (Å²) < 4.78 is 5.67. The molecule has 2 aliphatic heterocycles. The van der Waals surface area contributed by atoms with Crippen LogP contribution >= 0.6 is 0 Å². The van der Waals surface area contributed by atoms with E-state index in [1.165, 1.54) is 63.8 Å². The Hall–Kier alpha value is -0.840. The number of piperidine rings is 2. The molecule has 0 aliphatic carbocycles. The van der Waals surface area contributed by atoms with Crippen molar-refractivity contribution in [2.45, 2.75) is 51.2 Å². The van der Waals surface area contributed by atoms with E-state index in [1.807, 2.05) is 13.3 Å². The lowest BCUT2D eigenvalue weighted by atomic mass is 10.00. The molecule has 2 aliphatic rings. The van der Waals surface area contributed by atoms with Crippen molar-refractivity contribution in [3.8, 4) is 0 Å². The van der Waals surface area contributed by atoms with Crippen LogP contribution in [0.25, 0.3) is 0 Å². The van der Waals surface area contributed by atoms with Crippen LogP contribution in [0.5, 0.6) is 0 Å². The van der Waals surface area contributed by atoms with Crippen LogP contribution < -0.4 is 5.32 Å². The molecule has 2 saturated heterocycles. The number of hydrogen-bond donors (Lipinski definition) is 1. The zero-order chi connectivity index (χ0) is 14.5. The third-order valence-electron chi connectivity index (χ3n) is 4.93. The van der Waals surface area contributed by atoms with Crippen molar-refractivity contribution in [2.24, 2.45) is 0 Å². The lowest BCUT2D eigenvalue weighted by Gasteiger charge is -2.40. The summed E-state index contributed by atoms with van der Waals surface area (Å²) in [5, 5.41) is 3.16. The smallest absolute Gasteiger partial charge is 0.118 e. The van der Waals surface area contributed by atoms with Gasteiger partial charge in [0.25, 0.3) is 0 Å². The Morgan fingerprint density at radius 3 is 2.62 bits per heavy atom. The lowest BCUT2D eigenvalue weighted by Crippen LogP contribution is -2.46. The standard InChI is InChI=1S/C17H29N3O/c1-18-12-15-11-17(21-14-15)13-19-9-5-16(6-10-19)20-7-3-2-4-8-20/h11,14,16,18H,2-10,12-13H2,1H3. The molecule has 0 unspecified atom stereocenters. The van der Waals surface area contributed by atoms with Crippen LogP contribution in [0, 0.1) is 0 Å². The molecular formula is C17H29N3O. The summed E-state index contributed by atoms with van der Waals surface area (Å²) in [6, 6.07) is 3.02. The predicted molar refractivity (Wildman–Crippen MR) is 85.2 cm³/mol. The van der Waals surface area contributed by atoms with Crippen molar-refractivity contribution in [3.63, 3.8) is 0 Å². The predicted octanol–water partition coefficient (Wildman–Crippen LogP) is 2.45. The fraction of sp³-hybridized carbons (Fsp3) is 0.765. The van der Waals surface area contributed by atoms with Gasteiger partial charge in [0.1, 0.15) is 5.76 Å². The van der Waals surface area contributed by atoms with Crippen LogP contribution in [0.1, 0.15) is 43.4 Å². The maximum atomic E-state index is 5.67. The van der Waals surface area contributed by atoms with E-state index in [-0.39, 0.29) is 0 Å². The highest BCUT2D eigenvalue weighted by Gasteiger charge is 2.25. The molecule has 4 nitrogen and oxygen atoms in total. The Kier molecular flexibility index (Phi) is 5.33. The minimum atomic E-state index is 0.831. The van der Waals surface area contributed by atoms with E-state index in [0.29, 0.717) is 0 Å². The Morgan fingerprint density at radius 1 is 1.14 bits per heavy atom. The number of hydrogen-bond acceptors (Lipinski definition) is 4. The van der Waals surface area contributed by atoms with Gasteiger partial charge in [0.2, 0.25) is 0 Å². The molecule has 0 amide bonds. The Balaban J connectivity index is 1.44. The first kappa shape index (κ1) is 15.1. The summed E-state index contributed by atoms with van der Waals surface area (Å²) in [7, 11) is 1.97. The quantitative estimate of drug-likeness (QED) is 0.903. The second-order valence-corrected chi connectivity index (χ2v) is 6.56. The Bertz CT molecular complexity index is 417. The molecule has 0 radical (unpaired) electrons. The van der Waals surface area contributed by atoms with E-state index in [9.17, 15) is 0 Å². The van der Waals surface area contributed by atoms with Crippen LogP contribution in [0.4, 0.5) is 0 Å². The molecule has 118 valence electrons. The highest BCUT2D eigenvalue weighted by atomic mass is 16.3. The molecule has 4 heteroatoms. The van der Waals surface area contributed by atoms with Gasteiger partial charge in [0.15, 0.2) is 0 Å². The van der Waals surface area contributed by atoms with Crippen molar-refractivity contribution in [1.29, 1.82) is 0 Å². The SMILES string of the molecule is CNCc1coc(CN2CCC(N3CCCCC3)CC2)c1. The zero-order valence-electron chi connectivity index (χ0n) is 13.3. The van der Waals surface area contributed by atoms with Crippen LogP contribution in [0.15, 0.2) is 16.7 Å². The normalized spacial score (nSPS) is 22.7. The van der Waals surface area contributed by atoms with Gasteiger partial charge >= 0.3 is 0 Å². The van der Waals surface area contributed by atoms with Crippen LogP contribution in [0.3, 0.4) is 0 Å². The summed E-state index contributed by atoms with van der Waals surface area (Å²) >= 11 is 0. The van der Waals surface area contributed by atoms with Gasteiger partial charge in [-0.2, -0.15) is 0 Å². The fourth-order valence-corrected chi connectivity index (χ4v) is 3.75. The number of furan rings is 1. The molecule has 1 N–H and O–H groups in total. The fourth-order valence-electron chi connectivity index (χ4n) is 3.75. The summed E-state index contributed by atoms with van der Waals surface area (Å²) in [4.78, 5) is 5.28. The van der Waals surface area contributed by atoms with Crippen LogP contribution in [-0.4, -0.2) is 49.1 Å². The second-order valence-electron chi connectivity index (χ2n) is 6.56. The van der Waals surface area contributed by atoms with Gasteiger partial charge in [-0.1, -0.05) is 6.42 Å². The maximum Gasteiger partial charge on any atom is 0.118 e. The molecule has 0 spiro atoms. The van der Waals surface area contributed by atoms with Crippen molar-refractivity contribution in [3.05, 3.63) is 23.7 Å². The van der Waals surface area contributed by atoms with Gasteiger partial charge in [-0.15, -0.1) is 0 Å². The van der Waals surface area contributed by atoms with E-state index in [0.717, 1.165) is 24.9 Å². The monoisotopic (exact) mass is 291 g/mol. The summed E-state index contributed by atoms with van der Waals surface area (Å²) in [5.41, 5.74) is 1.25. The van der Waals surface area contributed by atoms with Gasteiger partial charge in [-0.25, -0.2) is 0 Å². The largest absolute Gasteiger partial charge is 0.468 e. The first-order valence-corrected chi connectivity index (χ1v) is 8.52. The van der Waals surface area contributed by atoms with E-state index in [4.69, 9.17) is 4.42 Å². The average Bonchev–Trinajstić information content (AvgIpc) is 2.97. The lowest BCUT2D eigenvalue weighted by molar-refractivity contribution is 0.0866. The Labute approximate surface area is 128 Å². The number of nitrogens with one attached hydrogen (secondary N) is 1. The molecule has 0 atom stereocenters. The topological polar surface area (TPSA) is 31.7 Å². The van der Waals surface area contributed by atoms with Gasteiger partial charge in [0, 0.05) is 31.2 Å². The first-order chi connectivity index (χ1) is 10.3. The van der Waals surface area contributed by atoms with Crippen LogP contribution in [0.2, 0.25) is 0 Å². The summed E-state index contributed by atoms with van der Waals surface area (Å²) in [5.74, 6) is 1.11. The van der Waals surface area contributed by atoms with Gasteiger partial charge in [0.05, 0.1) is 12.8 Å². The zero-order valence-corrected chi connectivity index (χ0v) is 13.3. The highest BCUT2D eigenvalue weighted by Crippen LogP contribution is 2.22. The molecule has 1 aromatic heterocycles. The minimum absolute atomic E-state index is 0.831. The molecule has 1 aromatic rings. The van der Waals surface area contributed by atoms with Crippen LogP contribution in [-0.2, 0) is 13.1 Å². The maximum absolute atomic E-state index is 5.67. The molecule has 0 bridgehead atoms. The second kappa shape index (κ2) is 7.43. The van der Waals surface area contributed by atoms with Crippen molar-refractivity contribution < 1.29 is 4.42 Å². The van der Waals surface area contributed by atoms with E-state index < -0.39 is 0 Å². The number of likely N-dealkylation sites (tertiary alicyclic amines) is 2. The molecule has 2 fully saturated rings. The van der Waals surface area contributed by atoms with E-state index in [1.54, 1.807) is 0 Å². The van der Waals surface area contributed by atoms with E-state index in [2.05, 4.69) is 21.2 Å². The van der Waals surface area contributed by atoms with Gasteiger partial charge < -0.3 is 14.6 Å². The van der Waals surface area contributed by atoms with Crippen molar-refractivity contribution in [1.82, 2.24) is 15.1 Å². The first-order valence-electron chi connectivity index (χ1n) is 8.52. The molecule has 21 heavy (non-hydrogen) atoms. The average molecular weight is 291 g/mol. The molecule has 3 heterocycles. The summed E-state index contributed by atoms with van der Waals surface area (Å²) in [6.45, 7) is 6.94. The molecule has 3 rings (SSSR count).